The van der Waals surface area contributed by atoms with E-state index in [0.29, 0.717) is 22.9 Å². The van der Waals surface area contributed by atoms with Crippen molar-refractivity contribution in [2.45, 2.75) is 13.5 Å². The number of nitriles is 1. The summed E-state index contributed by atoms with van der Waals surface area (Å²) in [5.41, 5.74) is 2.44. The predicted octanol–water partition coefficient (Wildman–Crippen LogP) is 4.11. The first kappa shape index (κ1) is 14.2. The van der Waals surface area contributed by atoms with E-state index in [2.05, 4.69) is 6.07 Å². The highest BCUT2D eigenvalue weighted by Gasteiger charge is 2.05. The van der Waals surface area contributed by atoms with E-state index < -0.39 is 0 Å². The molecule has 0 bridgehead atoms. The van der Waals surface area contributed by atoms with E-state index in [4.69, 9.17) is 26.3 Å². The summed E-state index contributed by atoms with van der Waals surface area (Å²) in [5.74, 6) is 1.35. The van der Waals surface area contributed by atoms with E-state index in [1.54, 1.807) is 19.2 Å². The van der Waals surface area contributed by atoms with Crippen molar-refractivity contribution in [3.8, 4) is 17.6 Å². The van der Waals surface area contributed by atoms with Gasteiger partial charge in [0.15, 0.2) is 0 Å². The molecule has 0 amide bonds. The molecule has 0 N–H and O–H groups in total. The van der Waals surface area contributed by atoms with Crippen LogP contribution < -0.4 is 9.47 Å². The van der Waals surface area contributed by atoms with Crippen LogP contribution in [0.5, 0.6) is 11.5 Å². The van der Waals surface area contributed by atoms with Crippen LogP contribution in [0.25, 0.3) is 0 Å². The zero-order valence-corrected chi connectivity index (χ0v) is 12.1. The van der Waals surface area contributed by atoms with Gasteiger partial charge in [-0.2, -0.15) is 5.26 Å². The second-order valence-corrected chi connectivity index (χ2v) is 4.78. The van der Waals surface area contributed by atoms with Crippen molar-refractivity contribution in [3.63, 3.8) is 0 Å². The average Bonchev–Trinajstić information content (AvgIpc) is 2.46. The number of nitrogens with zero attached hydrogens (tertiary/aromatic N) is 1. The lowest BCUT2D eigenvalue weighted by molar-refractivity contribution is 0.303. The molecule has 0 aliphatic carbocycles. The standard InChI is InChI=1S/C16H14ClNO2/c1-11-7-14(17)5-6-15(11)20-10-12-3-4-13(9-18)16(8-12)19-2/h3-8H,10H2,1-2H3. The van der Waals surface area contributed by atoms with E-state index in [-0.39, 0.29) is 0 Å². The van der Waals surface area contributed by atoms with Gasteiger partial charge in [-0.25, -0.2) is 0 Å². The highest BCUT2D eigenvalue weighted by molar-refractivity contribution is 6.30. The van der Waals surface area contributed by atoms with Gasteiger partial charge < -0.3 is 9.47 Å². The van der Waals surface area contributed by atoms with Crippen molar-refractivity contribution >= 4 is 11.6 Å². The van der Waals surface area contributed by atoms with Gasteiger partial charge in [0.25, 0.3) is 0 Å². The van der Waals surface area contributed by atoms with E-state index in [1.807, 2.05) is 31.2 Å². The Hall–Kier alpha value is -2.18. The minimum atomic E-state index is 0.407. The van der Waals surface area contributed by atoms with Crippen molar-refractivity contribution in [1.82, 2.24) is 0 Å². The third kappa shape index (κ3) is 3.23. The van der Waals surface area contributed by atoms with Crippen LogP contribution in [0.1, 0.15) is 16.7 Å². The van der Waals surface area contributed by atoms with Gasteiger partial charge in [-0.1, -0.05) is 17.7 Å². The number of benzene rings is 2. The second-order valence-electron chi connectivity index (χ2n) is 4.34. The Morgan fingerprint density at radius 3 is 2.60 bits per heavy atom. The highest BCUT2D eigenvalue weighted by Crippen LogP contribution is 2.24. The second kappa shape index (κ2) is 6.31. The van der Waals surface area contributed by atoms with Crippen LogP contribution in [0.3, 0.4) is 0 Å². The maximum absolute atomic E-state index is 8.94. The molecule has 0 heterocycles. The summed E-state index contributed by atoms with van der Waals surface area (Å²) in [6, 6.07) is 13.0. The molecule has 3 nitrogen and oxygen atoms in total. The Kier molecular flexibility index (Phi) is 4.49. The fourth-order valence-electron chi connectivity index (χ4n) is 1.85. The number of methoxy groups -OCH3 is 1. The Bertz CT molecular complexity index is 662. The third-order valence-electron chi connectivity index (χ3n) is 2.92. The van der Waals surface area contributed by atoms with Crippen molar-refractivity contribution < 1.29 is 9.47 Å². The third-order valence-corrected chi connectivity index (χ3v) is 3.15. The summed E-state index contributed by atoms with van der Waals surface area (Å²) in [5, 5.41) is 9.63. The van der Waals surface area contributed by atoms with Crippen LogP contribution in [0.4, 0.5) is 0 Å². The molecular formula is C16H14ClNO2. The number of aryl methyl sites for hydroxylation is 1. The SMILES string of the molecule is COc1cc(COc2ccc(Cl)cc2C)ccc1C#N. The summed E-state index contributed by atoms with van der Waals surface area (Å²) in [6.45, 7) is 2.35. The van der Waals surface area contributed by atoms with Crippen molar-refractivity contribution in [2.24, 2.45) is 0 Å². The van der Waals surface area contributed by atoms with Gasteiger partial charge in [0.05, 0.1) is 12.7 Å². The molecule has 0 aromatic heterocycles. The largest absolute Gasteiger partial charge is 0.495 e. The van der Waals surface area contributed by atoms with Crippen molar-refractivity contribution in [1.29, 1.82) is 5.26 Å². The zero-order valence-electron chi connectivity index (χ0n) is 11.3. The lowest BCUT2D eigenvalue weighted by Gasteiger charge is -2.10. The maximum atomic E-state index is 8.94. The topological polar surface area (TPSA) is 42.2 Å². The number of hydrogen-bond acceptors (Lipinski definition) is 3. The lowest BCUT2D eigenvalue weighted by atomic mass is 10.1. The van der Waals surface area contributed by atoms with Gasteiger partial charge in [-0.3, -0.25) is 0 Å². The van der Waals surface area contributed by atoms with Gasteiger partial charge in [-0.15, -0.1) is 0 Å². The number of ether oxygens (including phenoxy) is 2. The summed E-state index contributed by atoms with van der Waals surface area (Å²) >= 11 is 5.90. The minimum absolute atomic E-state index is 0.407. The van der Waals surface area contributed by atoms with Crippen LogP contribution in [0, 0.1) is 18.3 Å². The molecule has 0 atom stereocenters. The molecule has 102 valence electrons. The molecule has 0 saturated heterocycles. The molecule has 0 aliphatic rings. The summed E-state index contributed by atoms with van der Waals surface area (Å²) in [4.78, 5) is 0. The molecular weight excluding hydrogens is 274 g/mol. The van der Waals surface area contributed by atoms with E-state index in [1.165, 1.54) is 0 Å². The fraction of sp³-hybridized carbons (Fsp3) is 0.188. The molecule has 4 heteroatoms. The summed E-state index contributed by atoms with van der Waals surface area (Å²) < 4.78 is 10.9. The van der Waals surface area contributed by atoms with E-state index in [0.717, 1.165) is 16.9 Å². The zero-order chi connectivity index (χ0) is 14.5. The van der Waals surface area contributed by atoms with Crippen molar-refractivity contribution in [2.75, 3.05) is 7.11 Å². The molecule has 0 unspecified atom stereocenters. The molecule has 20 heavy (non-hydrogen) atoms. The first-order chi connectivity index (χ1) is 9.63. The van der Waals surface area contributed by atoms with Gasteiger partial charge >= 0.3 is 0 Å². The van der Waals surface area contributed by atoms with E-state index in [9.17, 15) is 0 Å². The van der Waals surface area contributed by atoms with Crippen LogP contribution in [-0.4, -0.2) is 7.11 Å². The Morgan fingerprint density at radius 1 is 1.15 bits per heavy atom. The monoisotopic (exact) mass is 287 g/mol. The van der Waals surface area contributed by atoms with Gasteiger partial charge in [0.1, 0.15) is 24.2 Å². The average molecular weight is 288 g/mol. The van der Waals surface area contributed by atoms with Crippen LogP contribution in [-0.2, 0) is 6.61 Å². The maximum Gasteiger partial charge on any atom is 0.137 e. The van der Waals surface area contributed by atoms with Gasteiger partial charge in [0, 0.05) is 5.02 Å². The quantitative estimate of drug-likeness (QED) is 0.850. The molecule has 2 aromatic carbocycles. The Balaban J connectivity index is 2.13. The van der Waals surface area contributed by atoms with Gasteiger partial charge in [0.2, 0.25) is 0 Å². The molecule has 0 aliphatic heterocycles. The van der Waals surface area contributed by atoms with Crippen LogP contribution >= 0.6 is 11.6 Å². The first-order valence-electron chi connectivity index (χ1n) is 6.10. The molecule has 0 fully saturated rings. The molecule has 0 spiro atoms. The Morgan fingerprint density at radius 2 is 1.95 bits per heavy atom. The minimum Gasteiger partial charge on any atom is -0.495 e. The highest BCUT2D eigenvalue weighted by atomic mass is 35.5. The number of halogens is 1. The fourth-order valence-corrected chi connectivity index (χ4v) is 2.08. The first-order valence-corrected chi connectivity index (χ1v) is 6.48. The lowest BCUT2D eigenvalue weighted by Crippen LogP contribution is -1.98. The molecule has 0 saturated carbocycles. The molecule has 2 rings (SSSR count). The smallest absolute Gasteiger partial charge is 0.137 e. The predicted molar refractivity (Wildman–Crippen MR) is 78.2 cm³/mol. The van der Waals surface area contributed by atoms with Crippen molar-refractivity contribution in [3.05, 3.63) is 58.1 Å². The molecule has 2 aromatic rings. The van der Waals surface area contributed by atoms with Crippen LogP contribution in [0.15, 0.2) is 36.4 Å². The molecule has 0 radical (unpaired) electrons. The Labute approximate surface area is 123 Å². The number of hydrogen-bond donors (Lipinski definition) is 0. The number of rotatable bonds is 4. The van der Waals surface area contributed by atoms with Crippen LogP contribution in [0.2, 0.25) is 5.02 Å². The van der Waals surface area contributed by atoms with Gasteiger partial charge in [-0.05, 0) is 48.4 Å². The summed E-state index contributed by atoms with van der Waals surface area (Å²) in [7, 11) is 1.55. The summed E-state index contributed by atoms with van der Waals surface area (Å²) in [6.07, 6.45) is 0. The normalized spacial score (nSPS) is 9.90. The van der Waals surface area contributed by atoms with E-state index >= 15 is 0 Å².